The van der Waals surface area contributed by atoms with Crippen LogP contribution in [0.15, 0.2) is 55.0 Å². The Balaban J connectivity index is 1.64. The minimum Gasteiger partial charge on any atom is -0.508 e. The molecule has 0 aliphatic carbocycles. The summed E-state index contributed by atoms with van der Waals surface area (Å²) in [4.78, 5) is 4.57. The highest BCUT2D eigenvalue weighted by Crippen LogP contribution is 2.26. The summed E-state index contributed by atoms with van der Waals surface area (Å²) in [6.07, 6.45) is 4.81. The second-order valence-corrected chi connectivity index (χ2v) is 6.10. The minimum absolute atomic E-state index is 0.221. The molecule has 3 heterocycles. The average Bonchev–Trinajstić information content (AvgIpc) is 3.21. The third-order valence-corrected chi connectivity index (χ3v) is 3.88. The quantitative estimate of drug-likeness (QED) is 0.511. The fourth-order valence-corrected chi connectivity index (χ4v) is 2.75. The third-order valence-electron chi connectivity index (χ3n) is 3.88. The highest BCUT2D eigenvalue weighted by molar-refractivity contribution is 5.78. The van der Waals surface area contributed by atoms with Crippen LogP contribution in [-0.4, -0.2) is 40.7 Å². The number of aromatic nitrogens is 5. The Morgan fingerprint density at radius 2 is 2.00 bits per heavy atom. The van der Waals surface area contributed by atoms with Gasteiger partial charge in [0.05, 0.1) is 24.5 Å². The van der Waals surface area contributed by atoms with Gasteiger partial charge in [0.25, 0.3) is 0 Å². The molecular weight excluding hydrogens is 332 g/mol. The van der Waals surface area contributed by atoms with E-state index in [0.717, 1.165) is 16.8 Å². The smallest absolute Gasteiger partial charge is 0.247 e. The molecule has 0 unspecified atom stereocenters. The van der Waals surface area contributed by atoms with Gasteiger partial charge in [-0.2, -0.15) is 10.1 Å². The van der Waals surface area contributed by atoms with Crippen molar-refractivity contribution in [1.82, 2.24) is 24.4 Å². The van der Waals surface area contributed by atoms with Crippen LogP contribution in [0.1, 0.15) is 6.92 Å². The summed E-state index contributed by atoms with van der Waals surface area (Å²) in [6.45, 7) is 2.13. The van der Waals surface area contributed by atoms with Gasteiger partial charge in [-0.05, 0) is 36.8 Å². The second kappa shape index (κ2) is 6.49. The molecule has 132 valence electrons. The minimum atomic E-state index is -0.469. The molecule has 0 spiro atoms. The van der Waals surface area contributed by atoms with Crippen molar-refractivity contribution in [3.8, 4) is 16.9 Å². The molecule has 0 aliphatic rings. The van der Waals surface area contributed by atoms with E-state index >= 15 is 0 Å². The van der Waals surface area contributed by atoms with Crippen molar-refractivity contribution in [2.24, 2.45) is 0 Å². The maximum atomic E-state index is 9.47. The lowest BCUT2D eigenvalue weighted by molar-refractivity contribution is 0.168. The number of aromatic hydroxyl groups is 1. The number of phenolic OH excluding ortho intramolecular Hbond substituents is 1. The maximum Gasteiger partial charge on any atom is 0.247 e. The third kappa shape index (κ3) is 3.22. The van der Waals surface area contributed by atoms with Gasteiger partial charge < -0.3 is 15.5 Å². The highest BCUT2D eigenvalue weighted by Gasteiger charge is 2.11. The number of anilines is 2. The standard InChI is InChI=1S/C18H18N6O2/c1-12(25)10-23-11-14(9-19-23)20-18-21-17-16(3-2-8-24(17)22-18)13-4-6-15(26)7-5-13/h2-9,11-12,25-26H,10H2,1H3,(H,20,22)/t12-/m1/s1. The molecular formula is C18H18N6O2. The Kier molecular flexibility index (Phi) is 4.02. The van der Waals surface area contributed by atoms with Gasteiger partial charge >= 0.3 is 0 Å². The fourth-order valence-electron chi connectivity index (χ4n) is 2.75. The molecule has 0 aliphatic heterocycles. The Morgan fingerprint density at radius 3 is 2.77 bits per heavy atom. The zero-order chi connectivity index (χ0) is 18.1. The first-order valence-corrected chi connectivity index (χ1v) is 8.21. The van der Waals surface area contributed by atoms with Crippen LogP contribution < -0.4 is 5.32 Å². The van der Waals surface area contributed by atoms with Crippen molar-refractivity contribution >= 4 is 17.3 Å². The van der Waals surface area contributed by atoms with Gasteiger partial charge in [0.15, 0.2) is 5.65 Å². The zero-order valence-corrected chi connectivity index (χ0v) is 14.1. The van der Waals surface area contributed by atoms with E-state index in [1.165, 1.54) is 0 Å². The van der Waals surface area contributed by atoms with Crippen LogP contribution in [-0.2, 0) is 6.54 Å². The summed E-state index contributed by atoms with van der Waals surface area (Å²) in [5, 5.41) is 30.7. The van der Waals surface area contributed by atoms with E-state index in [1.54, 1.807) is 40.6 Å². The van der Waals surface area contributed by atoms with Crippen molar-refractivity contribution in [2.75, 3.05) is 5.32 Å². The summed E-state index contributed by atoms with van der Waals surface area (Å²) in [5.41, 5.74) is 3.31. The number of nitrogens with zero attached hydrogens (tertiary/aromatic N) is 5. The molecule has 0 fully saturated rings. The first kappa shape index (κ1) is 16.1. The zero-order valence-electron chi connectivity index (χ0n) is 14.1. The molecule has 8 nitrogen and oxygen atoms in total. The molecule has 0 bridgehead atoms. The van der Waals surface area contributed by atoms with Crippen LogP contribution in [0.25, 0.3) is 16.8 Å². The molecule has 0 saturated carbocycles. The van der Waals surface area contributed by atoms with Crippen LogP contribution in [0.4, 0.5) is 11.6 Å². The molecule has 3 aromatic heterocycles. The Hall–Kier alpha value is -3.39. The molecule has 4 aromatic rings. The number of phenols is 1. The van der Waals surface area contributed by atoms with Crippen molar-refractivity contribution in [1.29, 1.82) is 0 Å². The number of pyridine rings is 1. The Bertz CT molecular complexity index is 1040. The SMILES string of the molecule is C[C@@H](O)Cn1cc(Nc2nc3c(-c4ccc(O)cc4)cccn3n2)cn1. The van der Waals surface area contributed by atoms with Gasteiger partial charge in [-0.25, -0.2) is 4.52 Å². The summed E-state index contributed by atoms with van der Waals surface area (Å²) in [7, 11) is 0. The summed E-state index contributed by atoms with van der Waals surface area (Å²) in [5.74, 6) is 0.673. The molecule has 0 saturated heterocycles. The first-order valence-electron chi connectivity index (χ1n) is 8.21. The number of benzene rings is 1. The normalized spacial score (nSPS) is 12.4. The van der Waals surface area contributed by atoms with E-state index in [9.17, 15) is 10.2 Å². The molecule has 3 N–H and O–H groups in total. The molecule has 1 aromatic carbocycles. The monoisotopic (exact) mass is 350 g/mol. The number of hydrogen-bond acceptors (Lipinski definition) is 6. The van der Waals surface area contributed by atoms with Gasteiger partial charge in [0.1, 0.15) is 5.75 Å². The van der Waals surface area contributed by atoms with Crippen LogP contribution in [0.5, 0.6) is 5.75 Å². The predicted molar refractivity (Wildman–Crippen MR) is 97.3 cm³/mol. The van der Waals surface area contributed by atoms with Crippen molar-refractivity contribution in [2.45, 2.75) is 19.6 Å². The lowest BCUT2D eigenvalue weighted by Gasteiger charge is -2.02. The number of aliphatic hydroxyl groups excluding tert-OH is 1. The summed E-state index contributed by atoms with van der Waals surface area (Å²) < 4.78 is 3.36. The van der Waals surface area contributed by atoms with Gasteiger partial charge in [-0.1, -0.05) is 12.1 Å². The van der Waals surface area contributed by atoms with E-state index in [1.807, 2.05) is 30.5 Å². The Labute approximate surface area is 149 Å². The predicted octanol–water partition coefficient (Wildman–Crippen LogP) is 2.42. The van der Waals surface area contributed by atoms with Crippen LogP contribution in [0.3, 0.4) is 0 Å². The molecule has 0 radical (unpaired) electrons. The van der Waals surface area contributed by atoms with Crippen LogP contribution in [0.2, 0.25) is 0 Å². The maximum absolute atomic E-state index is 9.47. The van der Waals surface area contributed by atoms with E-state index in [4.69, 9.17) is 0 Å². The molecule has 4 rings (SSSR count). The average molecular weight is 350 g/mol. The largest absolute Gasteiger partial charge is 0.508 e. The van der Waals surface area contributed by atoms with Gasteiger partial charge in [0.2, 0.25) is 5.95 Å². The lowest BCUT2D eigenvalue weighted by Crippen LogP contribution is -2.11. The van der Waals surface area contributed by atoms with E-state index in [2.05, 4.69) is 20.5 Å². The van der Waals surface area contributed by atoms with E-state index in [-0.39, 0.29) is 5.75 Å². The van der Waals surface area contributed by atoms with Gasteiger partial charge in [0, 0.05) is 18.0 Å². The molecule has 0 amide bonds. The first-order chi connectivity index (χ1) is 12.6. The van der Waals surface area contributed by atoms with Crippen molar-refractivity contribution < 1.29 is 10.2 Å². The van der Waals surface area contributed by atoms with E-state index in [0.29, 0.717) is 18.1 Å². The summed E-state index contributed by atoms with van der Waals surface area (Å²) >= 11 is 0. The topological polar surface area (TPSA) is 100 Å². The number of rotatable bonds is 5. The number of hydrogen-bond donors (Lipinski definition) is 3. The Morgan fingerprint density at radius 1 is 1.19 bits per heavy atom. The van der Waals surface area contributed by atoms with Gasteiger partial charge in [-0.15, -0.1) is 5.10 Å². The molecule has 1 atom stereocenters. The lowest BCUT2D eigenvalue weighted by atomic mass is 10.1. The van der Waals surface area contributed by atoms with E-state index < -0.39 is 6.10 Å². The number of fused-ring (bicyclic) bond motifs is 1. The van der Waals surface area contributed by atoms with Gasteiger partial charge in [-0.3, -0.25) is 4.68 Å². The number of nitrogens with one attached hydrogen (secondary N) is 1. The number of aliphatic hydroxyl groups is 1. The summed E-state index contributed by atoms with van der Waals surface area (Å²) in [6, 6.07) is 10.8. The van der Waals surface area contributed by atoms with Crippen molar-refractivity contribution in [3.63, 3.8) is 0 Å². The van der Waals surface area contributed by atoms with Crippen LogP contribution >= 0.6 is 0 Å². The van der Waals surface area contributed by atoms with Crippen molar-refractivity contribution in [3.05, 3.63) is 55.0 Å². The van der Waals surface area contributed by atoms with Crippen LogP contribution in [0, 0.1) is 0 Å². The highest BCUT2D eigenvalue weighted by atomic mass is 16.3. The fraction of sp³-hybridized carbons (Fsp3) is 0.167. The molecule has 8 heteroatoms. The molecule has 26 heavy (non-hydrogen) atoms. The second-order valence-electron chi connectivity index (χ2n) is 6.10.